The van der Waals surface area contributed by atoms with Crippen LogP contribution in [-0.4, -0.2) is 0 Å². The van der Waals surface area contributed by atoms with E-state index >= 15 is 0 Å². The lowest BCUT2D eigenvalue weighted by Crippen LogP contribution is -1.97. The fourth-order valence-corrected chi connectivity index (χ4v) is 2.17. The van der Waals surface area contributed by atoms with Gasteiger partial charge in [-0.15, -0.1) is 0 Å². The molecule has 0 bridgehead atoms. The molecule has 1 radical (unpaired) electrons. The Morgan fingerprint density at radius 2 is 1.50 bits per heavy atom. The summed E-state index contributed by atoms with van der Waals surface area (Å²) in [7, 11) is 0. The van der Waals surface area contributed by atoms with Crippen molar-refractivity contribution in [1.29, 1.82) is 0 Å². The molecule has 0 saturated heterocycles. The fourth-order valence-electron chi connectivity index (χ4n) is 2.17. The number of halogens is 3. The first-order valence-electron chi connectivity index (χ1n) is 5.46. The maximum absolute atomic E-state index is 13.7. The van der Waals surface area contributed by atoms with Crippen molar-refractivity contribution < 1.29 is 13.2 Å². The van der Waals surface area contributed by atoms with Crippen molar-refractivity contribution in [2.24, 2.45) is 0 Å². The summed E-state index contributed by atoms with van der Waals surface area (Å²) in [4.78, 5) is 0. The molecule has 3 rings (SSSR count). The Labute approximate surface area is 102 Å². The lowest BCUT2D eigenvalue weighted by atomic mass is 9.98. The van der Waals surface area contributed by atoms with Crippen LogP contribution in [0.2, 0.25) is 0 Å². The third kappa shape index (κ3) is 1.63. The summed E-state index contributed by atoms with van der Waals surface area (Å²) >= 11 is 0. The van der Waals surface area contributed by atoms with Crippen molar-refractivity contribution in [3.8, 4) is 0 Å². The number of rotatable bonds is 1. The van der Waals surface area contributed by atoms with E-state index in [0.717, 1.165) is 11.1 Å². The van der Waals surface area contributed by atoms with Crippen molar-refractivity contribution in [3.05, 3.63) is 83.0 Å². The Morgan fingerprint density at radius 1 is 0.833 bits per heavy atom. The molecular weight excluding hydrogens is 237 g/mol. The van der Waals surface area contributed by atoms with Crippen LogP contribution in [0.3, 0.4) is 0 Å². The molecule has 0 atom stereocenters. The molecule has 2 aromatic carbocycles. The molecule has 2 aromatic rings. The summed E-state index contributed by atoms with van der Waals surface area (Å²) in [5.74, 6) is -2.68. The second kappa shape index (κ2) is 4.02. The van der Waals surface area contributed by atoms with E-state index in [4.69, 9.17) is 0 Å². The van der Waals surface area contributed by atoms with Gasteiger partial charge in [0.25, 0.3) is 0 Å². The van der Waals surface area contributed by atoms with Gasteiger partial charge in [0.1, 0.15) is 17.5 Å². The van der Waals surface area contributed by atoms with Crippen LogP contribution in [0.25, 0.3) is 5.57 Å². The molecule has 0 aromatic heterocycles. The lowest BCUT2D eigenvalue weighted by molar-refractivity contribution is 0.539. The summed E-state index contributed by atoms with van der Waals surface area (Å²) < 4.78 is 40.3. The number of benzene rings is 2. The van der Waals surface area contributed by atoms with Crippen LogP contribution in [0.4, 0.5) is 13.2 Å². The first kappa shape index (κ1) is 11.1. The van der Waals surface area contributed by atoms with Gasteiger partial charge in [-0.05, 0) is 16.7 Å². The lowest BCUT2D eigenvalue weighted by Gasteiger charge is -2.08. The van der Waals surface area contributed by atoms with Gasteiger partial charge in [0.2, 0.25) is 0 Å². The van der Waals surface area contributed by atoms with Crippen LogP contribution in [0, 0.1) is 23.9 Å². The third-order valence-corrected chi connectivity index (χ3v) is 2.96. The van der Waals surface area contributed by atoms with E-state index < -0.39 is 17.5 Å². The number of fused-ring (bicyclic) bond motifs is 1. The quantitative estimate of drug-likeness (QED) is 0.709. The van der Waals surface area contributed by atoms with Crippen molar-refractivity contribution in [2.75, 3.05) is 0 Å². The summed E-state index contributed by atoms with van der Waals surface area (Å²) in [5, 5.41) is 0. The minimum Gasteiger partial charge on any atom is -0.207 e. The van der Waals surface area contributed by atoms with Crippen LogP contribution in [0.15, 0.2) is 42.5 Å². The van der Waals surface area contributed by atoms with E-state index in [1.807, 2.05) is 12.1 Å². The maximum atomic E-state index is 13.7. The van der Waals surface area contributed by atoms with Gasteiger partial charge in [0, 0.05) is 18.6 Å². The molecule has 0 saturated carbocycles. The Kier molecular flexibility index (Phi) is 2.47. The molecule has 1 aliphatic carbocycles. The second-order valence-electron chi connectivity index (χ2n) is 4.08. The minimum absolute atomic E-state index is 0.183. The summed E-state index contributed by atoms with van der Waals surface area (Å²) in [6, 6.07) is 8.68. The number of hydrogen-bond donors (Lipinski definition) is 0. The third-order valence-electron chi connectivity index (χ3n) is 2.96. The molecule has 0 amide bonds. The summed E-state index contributed by atoms with van der Waals surface area (Å²) in [6.45, 7) is 0. The topological polar surface area (TPSA) is 0 Å². The Hall–Kier alpha value is -2.03. The van der Waals surface area contributed by atoms with Crippen LogP contribution in [0.1, 0.15) is 16.7 Å². The first-order chi connectivity index (χ1) is 8.66. The zero-order chi connectivity index (χ0) is 12.7. The van der Waals surface area contributed by atoms with Crippen LogP contribution in [-0.2, 0) is 0 Å². The summed E-state index contributed by atoms with van der Waals surface area (Å²) in [6.07, 6.45) is 3.43. The number of hydrogen-bond acceptors (Lipinski definition) is 0. The van der Waals surface area contributed by atoms with E-state index in [9.17, 15) is 13.2 Å². The highest BCUT2D eigenvalue weighted by molar-refractivity contribution is 5.87. The maximum Gasteiger partial charge on any atom is 0.136 e. The van der Waals surface area contributed by atoms with E-state index in [1.54, 1.807) is 24.6 Å². The Morgan fingerprint density at radius 3 is 2.22 bits per heavy atom. The molecule has 89 valence electrons. The summed E-state index contributed by atoms with van der Waals surface area (Å²) in [5.41, 5.74) is 1.91. The smallest absolute Gasteiger partial charge is 0.136 e. The molecular formula is C15H8F3. The zero-order valence-electron chi connectivity index (χ0n) is 9.25. The van der Waals surface area contributed by atoms with Gasteiger partial charge in [0.05, 0.1) is 5.56 Å². The van der Waals surface area contributed by atoms with Gasteiger partial charge in [-0.25, -0.2) is 13.2 Å². The second-order valence-corrected chi connectivity index (χ2v) is 4.08. The van der Waals surface area contributed by atoms with E-state index in [2.05, 4.69) is 0 Å². The monoisotopic (exact) mass is 245 g/mol. The Bertz CT molecular complexity index is 634. The van der Waals surface area contributed by atoms with Gasteiger partial charge in [-0.3, -0.25) is 0 Å². The van der Waals surface area contributed by atoms with Crippen molar-refractivity contribution >= 4 is 5.57 Å². The average Bonchev–Trinajstić information content (AvgIpc) is 2.72. The van der Waals surface area contributed by atoms with Gasteiger partial charge >= 0.3 is 0 Å². The predicted octanol–water partition coefficient (Wildman–Crippen LogP) is 4.10. The highest BCUT2D eigenvalue weighted by atomic mass is 19.1. The van der Waals surface area contributed by atoms with Gasteiger partial charge in [-0.2, -0.15) is 0 Å². The molecule has 1 aliphatic rings. The van der Waals surface area contributed by atoms with Crippen molar-refractivity contribution in [1.82, 2.24) is 0 Å². The van der Waals surface area contributed by atoms with Crippen molar-refractivity contribution in [3.63, 3.8) is 0 Å². The molecule has 0 spiro atoms. The average molecular weight is 245 g/mol. The minimum atomic E-state index is -0.912. The van der Waals surface area contributed by atoms with Crippen molar-refractivity contribution in [2.45, 2.75) is 0 Å². The standard InChI is InChI=1S/C15H8F3/c16-10-7-13(17)15(14(18)8-10)12-6-5-9-3-1-2-4-11(9)12/h1-8H. The molecule has 0 unspecified atom stereocenters. The predicted molar refractivity (Wildman–Crippen MR) is 63.2 cm³/mol. The fraction of sp³-hybridized carbons (Fsp3) is 0. The normalized spacial score (nSPS) is 13.4. The van der Waals surface area contributed by atoms with Crippen LogP contribution < -0.4 is 0 Å². The Balaban J connectivity index is 2.19. The van der Waals surface area contributed by atoms with E-state index in [-0.39, 0.29) is 5.56 Å². The van der Waals surface area contributed by atoms with Gasteiger partial charge in [-0.1, -0.05) is 30.3 Å². The van der Waals surface area contributed by atoms with Crippen LogP contribution in [0.5, 0.6) is 0 Å². The van der Waals surface area contributed by atoms with E-state index in [0.29, 0.717) is 17.7 Å². The molecule has 0 aliphatic heterocycles. The zero-order valence-corrected chi connectivity index (χ0v) is 9.25. The van der Waals surface area contributed by atoms with E-state index in [1.165, 1.54) is 0 Å². The number of allylic oxidation sites excluding steroid dienone is 1. The molecule has 0 N–H and O–H groups in total. The largest absolute Gasteiger partial charge is 0.207 e. The highest BCUT2D eigenvalue weighted by Crippen LogP contribution is 2.36. The molecule has 3 heteroatoms. The molecule has 0 heterocycles. The van der Waals surface area contributed by atoms with Gasteiger partial charge in [0.15, 0.2) is 0 Å². The highest BCUT2D eigenvalue weighted by Gasteiger charge is 2.22. The molecule has 0 nitrogen and oxygen atoms in total. The van der Waals surface area contributed by atoms with Crippen LogP contribution >= 0.6 is 0 Å². The van der Waals surface area contributed by atoms with Gasteiger partial charge < -0.3 is 0 Å². The first-order valence-corrected chi connectivity index (χ1v) is 5.46. The molecule has 18 heavy (non-hydrogen) atoms. The molecule has 0 fully saturated rings. The SMILES string of the molecule is Fc1cc(F)c(C2=C[CH]c3ccccc32)c(F)c1.